The zero-order chi connectivity index (χ0) is 11.5. The highest BCUT2D eigenvalue weighted by atomic mass is 32.1. The molecule has 2 heterocycles. The second kappa shape index (κ2) is 5.30. The van der Waals surface area contributed by atoms with E-state index in [-0.39, 0.29) is 0 Å². The SMILES string of the molecule is CNC1CCN(C(c2cccs2)C(C)C)C1. The summed E-state index contributed by atoms with van der Waals surface area (Å²) in [6.45, 7) is 7.08. The van der Waals surface area contributed by atoms with Crippen LogP contribution in [0.3, 0.4) is 0 Å². The van der Waals surface area contributed by atoms with Gasteiger partial charge in [0, 0.05) is 30.1 Å². The summed E-state index contributed by atoms with van der Waals surface area (Å²) in [6, 6.07) is 5.74. The largest absolute Gasteiger partial charge is 0.316 e. The van der Waals surface area contributed by atoms with Crippen molar-refractivity contribution in [2.45, 2.75) is 32.4 Å². The van der Waals surface area contributed by atoms with E-state index in [1.165, 1.54) is 24.4 Å². The third kappa shape index (κ3) is 2.47. The molecule has 0 aliphatic carbocycles. The van der Waals surface area contributed by atoms with Crippen LogP contribution in [0.4, 0.5) is 0 Å². The Morgan fingerprint density at radius 1 is 1.50 bits per heavy atom. The Balaban J connectivity index is 2.09. The van der Waals surface area contributed by atoms with Crippen LogP contribution in [0.1, 0.15) is 31.2 Å². The molecule has 2 atom stereocenters. The molecule has 1 aromatic heterocycles. The number of likely N-dealkylation sites (tertiary alicyclic amines) is 1. The molecule has 1 fully saturated rings. The lowest BCUT2D eigenvalue weighted by atomic mass is 10.0. The maximum atomic E-state index is 3.39. The van der Waals surface area contributed by atoms with Gasteiger partial charge in [0.1, 0.15) is 0 Å². The van der Waals surface area contributed by atoms with E-state index in [1.807, 2.05) is 11.3 Å². The van der Waals surface area contributed by atoms with Gasteiger partial charge in [0.05, 0.1) is 0 Å². The van der Waals surface area contributed by atoms with Crippen LogP contribution in [0.5, 0.6) is 0 Å². The molecule has 1 N–H and O–H groups in total. The Morgan fingerprint density at radius 2 is 2.31 bits per heavy atom. The fraction of sp³-hybridized carbons (Fsp3) is 0.692. The molecule has 1 saturated heterocycles. The maximum Gasteiger partial charge on any atom is 0.0465 e. The summed E-state index contributed by atoms with van der Waals surface area (Å²) in [7, 11) is 2.07. The molecule has 1 aliphatic rings. The summed E-state index contributed by atoms with van der Waals surface area (Å²) in [5.41, 5.74) is 0. The molecule has 16 heavy (non-hydrogen) atoms. The summed E-state index contributed by atoms with van der Waals surface area (Å²) in [5, 5.41) is 5.59. The summed E-state index contributed by atoms with van der Waals surface area (Å²) >= 11 is 1.89. The average molecular weight is 238 g/mol. The fourth-order valence-electron chi connectivity index (χ4n) is 2.67. The van der Waals surface area contributed by atoms with Crippen LogP contribution in [0.2, 0.25) is 0 Å². The lowest BCUT2D eigenvalue weighted by Crippen LogP contribution is -2.33. The zero-order valence-electron chi connectivity index (χ0n) is 10.4. The highest BCUT2D eigenvalue weighted by Crippen LogP contribution is 2.33. The van der Waals surface area contributed by atoms with Gasteiger partial charge in [0.2, 0.25) is 0 Å². The monoisotopic (exact) mass is 238 g/mol. The van der Waals surface area contributed by atoms with E-state index in [9.17, 15) is 0 Å². The van der Waals surface area contributed by atoms with Gasteiger partial charge in [-0.2, -0.15) is 0 Å². The molecule has 0 bridgehead atoms. The van der Waals surface area contributed by atoms with Crippen LogP contribution in [0, 0.1) is 5.92 Å². The number of nitrogens with one attached hydrogen (secondary N) is 1. The first-order chi connectivity index (χ1) is 7.72. The Kier molecular flexibility index (Phi) is 4.00. The predicted molar refractivity (Wildman–Crippen MR) is 70.9 cm³/mol. The standard InChI is InChI=1S/C13H22N2S/c1-10(2)13(12-5-4-8-16-12)15-7-6-11(9-15)14-3/h4-5,8,10-11,13-14H,6-7,9H2,1-3H3. The van der Waals surface area contributed by atoms with E-state index in [1.54, 1.807) is 0 Å². The Morgan fingerprint density at radius 3 is 2.81 bits per heavy atom. The van der Waals surface area contributed by atoms with Crippen molar-refractivity contribution < 1.29 is 0 Å². The molecule has 2 rings (SSSR count). The Bertz CT molecular complexity index is 308. The first kappa shape index (κ1) is 12.1. The van der Waals surface area contributed by atoms with Gasteiger partial charge >= 0.3 is 0 Å². The Hall–Kier alpha value is -0.380. The molecular weight excluding hydrogens is 216 g/mol. The van der Waals surface area contributed by atoms with Gasteiger partial charge in [-0.25, -0.2) is 0 Å². The van der Waals surface area contributed by atoms with Crippen molar-refractivity contribution in [1.82, 2.24) is 10.2 Å². The third-order valence-electron chi connectivity index (χ3n) is 3.49. The smallest absolute Gasteiger partial charge is 0.0465 e. The average Bonchev–Trinajstić information content (AvgIpc) is 2.88. The van der Waals surface area contributed by atoms with Crippen molar-refractivity contribution >= 4 is 11.3 Å². The van der Waals surface area contributed by atoms with Gasteiger partial charge < -0.3 is 5.32 Å². The molecule has 0 amide bonds. The number of hydrogen-bond acceptors (Lipinski definition) is 3. The summed E-state index contributed by atoms with van der Waals surface area (Å²) in [5.74, 6) is 0.689. The predicted octanol–water partition coefficient (Wildman–Crippen LogP) is 2.74. The topological polar surface area (TPSA) is 15.3 Å². The van der Waals surface area contributed by atoms with E-state index >= 15 is 0 Å². The number of nitrogens with zero attached hydrogens (tertiary/aromatic N) is 1. The first-order valence-corrected chi connectivity index (χ1v) is 7.05. The highest BCUT2D eigenvalue weighted by Gasteiger charge is 2.30. The van der Waals surface area contributed by atoms with E-state index < -0.39 is 0 Å². The Labute approximate surface area is 103 Å². The van der Waals surface area contributed by atoms with Crippen LogP contribution >= 0.6 is 11.3 Å². The van der Waals surface area contributed by atoms with Crippen molar-refractivity contribution in [3.05, 3.63) is 22.4 Å². The molecule has 1 aliphatic heterocycles. The minimum atomic E-state index is 0.610. The van der Waals surface area contributed by atoms with Crippen LogP contribution in [0.15, 0.2) is 17.5 Å². The highest BCUT2D eigenvalue weighted by molar-refractivity contribution is 7.10. The van der Waals surface area contributed by atoms with Gasteiger partial charge in [-0.3, -0.25) is 4.90 Å². The number of hydrogen-bond donors (Lipinski definition) is 1. The van der Waals surface area contributed by atoms with Gasteiger partial charge in [-0.1, -0.05) is 19.9 Å². The zero-order valence-corrected chi connectivity index (χ0v) is 11.3. The molecular formula is C13H22N2S. The van der Waals surface area contributed by atoms with Gasteiger partial charge in [0.25, 0.3) is 0 Å². The van der Waals surface area contributed by atoms with Crippen molar-refractivity contribution in [2.24, 2.45) is 5.92 Å². The van der Waals surface area contributed by atoms with Gasteiger partial charge in [-0.05, 0) is 30.8 Å². The molecule has 0 spiro atoms. The molecule has 3 heteroatoms. The van der Waals surface area contributed by atoms with E-state index in [4.69, 9.17) is 0 Å². The van der Waals surface area contributed by atoms with Crippen molar-refractivity contribution in [3.63, 3.8) is 0 Å². The van der Waals surface area contributed by atoms with Crippen LogP contribution in [-0.4, -0.2) is 31.1 Å². The minimum Gasteiger partial charge on any atom is -0.316 e. The summed E-state index contributed by atoms with van der Waals surface area (Å²) < 4.78 is 0. The molecule has 0 aromatic carbocycles. The van der Waals surface area contributed by atoms with Crippen LogP contribution in [0.25, 0.3) is 0 Å². The fourth-order valence-corrected chi connectivity index (χ4v) is 3.70. The second-order valence-corrected chi connectivity index (χ2v) is 5.95. The van der Waals surface area contributed by atoms with Gasteiger partial charge in [0.15, 0.2) is 0 Å². The number of rotatable bonds is 4. The van der Waals surface area contributed by atoms with Crippen LogP contribution in [-0.2, 0) is 0 Å². The van der Waals surface area contributed by atoms with E-state index in [0.717, 1.165) is 0 Å². The van der Waals surface area contributed by atoms with Gasteiger partial charge in [-0.15, -0.1) is 11.3 Å². The van der Waals surface area contributed by atoms with Crippen LogP contribution < -0.4 is 5.32 Å². The van der Waals surface area contributed by atoms with E-state index in [0.29, 0.717) is 18.0 Å². The lowest BCUT2D eigenvalue weighted by Gasteiger charge is -2.30. The molecule has 1 aromatic rings. The van der Waals surface area contributed by atoms with Crippen molar-refractivity contribution in [1.29, 1.82) is 0 Å². The molecule has 2 unspecified atom stereocenters. The summed E-state index contributed by atoms with van der Waals surface area (Å²) in [6.07, 6.45) is 1.28. The number of thiophene rings is 1. The molecule has 0 radical (unpaired) electrons. The summed E-state index contributed by atoms with van der Waals surface area (Å²) in [4.78, 5) is 4.16. The quantitative estimate of drug-likeness (QED) is 0.867. The third-order valence-corrected chi connectivity index (χ3v) is 4.43. The minimum absolute atomic E-state index is 0.610. The first-order valence-electron chi connectivity index (χ1n) is 6.17. The lowest BCUT2D eigenvalue weighted by molar-refractivity contribution is 0.193. The number of likely N-dealkylation sites (N-methyl/N-ethyl adjacent to an activating group) is 1. The second-order valence-electron chi connectivity index (χ2n) is 4.97. The molecule has 90 valence electrons. The normalized spacial score (nSPS) is 24.1. The van der Waals surface area contributed by atoms with Crippen molar-refractivity contribution in [2.75, 3.05) is 20.1 Å². The maximum absolute atomic E-state index is 3.39. The van der Waals surface area contributed by atoms with Crippen molar-refractivity contribution in [3.8, 4) is 0 Å². The molecule has 0 saturated carbocycles. The van der Waals surface area contributed by atoms with E-state index in [2.05, 4.69) is 48.6 Å². The molecule has 2 nitrogen and oxygen atoms in total.